The number of anilines is 2. The van der Waals surface area contributed by atoms with E-state index in [9.17, 15) is 0 Å². The highest BCUT2D eigenvalue weighted by molar-refractivity contribution is 5.76. The lowest BCUT2D eigenvalue weighted by atomic mass is 10.1. The predicted molar refractivity (Wildman–Crippen MR) is 55.1 cm³/mol. The molecule has 64 valence electrons. The largest absolute Gasteiger partial charge is 0.399 e. The molecule has 0 aliphatic heterocycles. The average molecular weight is 162 g/mol. The molecule has 0 aromatic heterocycles. The first-order valence-electron chi connectivity index (χ1n) is 3.88. The van der Waals surface area contributed by atoms with Crippen LogP contribution < -0.4 is 11.1 Å². The fraction of sp³-hybridized carbons (Fsp3) is 0.200. The van der Waals surface area contributed by atoms with Gasteiger partial charge in [0.25, 0.3) is 0 Å². The van der Waals surface area contributed by atoms with Gasteiger partial charge in [-0.25, -0.2) is 0 Å². The maximum Gasteiger partial charge on any atom is 0.0415 e. The fourth-order valence-corrected chi connectivity index (χ4v) is 1.13. The van der Waals surface area contributed by atoms with E-state index in [0.717, 1.165) is 22.5 Å². The first-order valence-corrected chi connectivity index (χ1v) is 3.88. The van der Waals surface area contributed by atoms with Gasteiger partial charge in [-0.05, 0) is 30.7 Å². The van der Waals surface area contributed by atoms with Crippen molar-refractivity contribution in [1.29, 1.82) is 0 Å². The molecule has 0 aliphatic rings. The van der Waals surface area contributed by atoms with Crippen LogP contribution in [0, 0.1) is 0 Å². The Morgan fingerprint density at radius 2 is 2.17 bits per heavy atom. The summed E-state index contributed by atoms with van der Waals surface area (Å²) in [6, 6.07) is 5.76. The summed E-state index contributed by atoms with van der Waals surface area (Å²) >= 11 is 0. The van der Waals surface area contributed by atoms with E-state index in [4.69, 9.17) is 5.73 Å². The molecule has 3 N–H and O–H groups in total. The Morgan fingerprint density at radius 3 is 2.67 bits per heavy atom. The molecule has 0 heterocycles. The molecule has 0 spiro atoms. The lowest BCUT2D eigenvalue weighted by molar-refractivity contribution is 1.47. The van der Waals surface area contributed by atoms with Crippen molar-refractivity contribution < 1.29 is 0 Å². The maximum absolute atomic E-state index is 5.65. The van der Waals surface area contributed by atoms with E-state index in [1.165, 1.54) is 0 Å². The summed E-state index contributed by atoms with van der Waals surface area (Å²) in [5.41, 5.74) is 9.59. The molecule has 0 atom stereocenters. The van der Waals surface area contributed by atoms with Gasteiger partial charge in [-0.1, -0.05) is 6.58 Å². The number of hydrogen-bond donors (Lipinski definition) is 2. The highest BCUT2D eigenvalue weighted by Gasteiger charge is 2.00. The SMILES string of the molecule is C=C(C)c1cc(N)ccc1NC. The van der Waals surface area contributed by atoms with Gasteiger partial charge in [-0.3, -0.25) is 0 Å². The Bertz CT molecular complexity index is 303. The third-order valence-corrected chi connectivity index (χ3v) is 1.77. The zero-order valence-electron chi connectivity index (χ0n) is 7.52. The van der Waals surface area contributed by atoms with Crippen LogP contribution >= 0.6 is 0 Å². The van der Waals surface area contributed by atoms with Crippen LogP contribution in [-0.4, -0.2) is 7.05 Å². The molecule has 0 saturated carbocycles. The minimum atomic E-state index is 0.770. The Labute approximate surface area is 73.1 Å². The van der Waals surface area contributed by atoms with Gasteiger partial charge in [-0.15, -0.1) is 0 Å². The van der Waals surface area contributed by atoms with Gasteiger partial charge >= 0.3 is 0 Å². The van der Waals surface area contributed by atoms with E-state index in [0.29, 0.717) is 0 Å². The van der Waals surface area contributed by atoms with Gasteiger partial charge in [0.05, 0.1) is 0 Å². The van der Waals surface area contributed by atoms with Gasteiger partial charge in [0, 0.05) is 24.0 Å². The van der Waals surface area contributed by atoms with Crippen LogP contribution in [-0.2, 0) is 0 Å². The van der Waals surface area contributed by atoms with Crippen molar-refractivity contribution in [2.24, 2.45) is 0 Å². The van der Waals surface area contributed by atoms with E-state index in [2.05, 4.69) is 11.9 Å². The van der Waals surface area contributed by atoms with E-state index < -0.39 is 0 Å². The molecule has 1 rings (SSSR count). The van der Waals surface area contributed by atoms with Crippen molar-refractivity contribution in [3.05, 3.63) is 30.3 Å². The number of rotatable bonds is 2. The third-order valence-electron chi connectivity index (χ3n) is 1.77. The lowest BCUT2D eigenvalue weighted by Gasteiger charge is -2.08. The third kappa shape index (κ3) is 1.59. The maximum atomic E-state index is 5.65. The normalized spacial score (nSPS) is 9.50. The average Bonchev–Trinajstić information content (AvgIpc) is 2.04. The summed E-state index contributed by atoms with van der Waals surface area (Å²) in [6.07, 6.45) is 0. The summed E-state index contributed by atoms with van der Waals surface area (Å²) in [4.78, 5) is 0. The standard InChI is InChI=1S/C10H14N2/c1-7(2)9-6-8(11)4-5-10(9)12-3/h4-6,12H,1,11H2,2-3H3. The highest BCUT2D eigenvalue weighted by atomic mass is 14.8. The molecular formula is C10H14N2. The molecule has 12 heavy (non-hydrogen) atoms. The monoisotopic (exact) mass is 162 g/mol. The van der Waals surface area contributed by atoms with Crippen LogP contribution in [0.2, 0.25) is 0 Å². The van der Waals surface area contributed by atoms with Gasteiger partial charge in [0.15, 0.2) is 0 Å². The zero-order chi connectivity index (χ0) is 9.14. The van der Waals surface area contributed by atoms with Crippen molar-refractivity contribution in [2.45, 2.75) is 6.92 Å². The van der Waals surface area contributed by atoms with E-state index >= 15 is 0 Å². The minimum absolute atomic E-state index is 0.770. The first-order chi connectivity index (χ1) is 5.65. The summed E-state index contributed by atoms with van der Waals surface area (Å²) in [5, 5.41) is 3.09. The Balaban J connectivity index is 3.21. The first kappa shape index (κ1) is 8.65. The molecular weight excluding hydrogens is 148 g/mol. The fourth-order valence-electron chi connectivity index (χ4n) is 1.13. The summed E-state index contributed by atoms with van der Waals surface area (Å²) in [7, 11) is 1.89. The van der Waals surface area contributed by atoms with Crippen LogP contribution in [0.25, 0.3) is 5.57 Å². The Hall–Kier alpha value is -1.44. The molecule has 0 bridgehead atoms. The molecule has 1 aromatic rings. The number of benzene rings is 1. The number of nitrogens with one attached hydrogen (secondary N) is 1. The minimum Gasteiger partial charge on any atom is -0.399 e. The van der Waals surface area contributed by atoms with Crippen molar-refractivity contribution in [3.63, 3.8) is 0 Å². The van der Waals surface area contributed by atoms with Gasteiger partial charge in [-0.2, -0.15) is 0 Å². The number of nitrogens with two attached hydrogens (primary N) is 1. The predicted octanol–water partition coefficient (Wildman–Crippen LogP) is 2.34. The van der Waals surface area contributed by atoms with Gasteiger partial charge in [0.2, 0.25) is 0 Å². The van der Waals surface area contributed by atoms with Crippen LogP contribution in [0.5, 0.6) is 0 Å². The summed E-state index contributed by atoms with van der Waals surface area (Å²) in [5.74, 6) is 0. The smallest absolute Gasteiger partial charge is 0.0415 e. The molecule has 2 heteroatoms. The molecule has 0 unspecified atom stereocenters. The van der Waals surface area contributed by atoms with Gasteiger partial charge in [0.1, 0.15) is 0 Å². The van der Waals surface area contributed by atoms with Gasteiger partial charge < -0.3 is 11.1 Å². The number of nitrogen functional groups attached to an aromatic ring is 1. The second-order valence-electron chi connectivity index (χ2n) is 2.84. The second-order valence-corrected chi connectivity index (χ2v) is 2.84. The van der Waals surface area contributed by atoms with Crippen LogP contribution in [0.15, 0.2) is 24.8 Å². The van der Waals surface area contributed by atoms with Crippen LogP contribution in [0.1, 0.15) is 12.5 Å². The number of hydrogen-bond acceptors (Lipinski definition) is 2. The zero-order valence-corrected chi connectivity index (χ0v) is 7.52. The molecule has 0 fully saturated rings. The van der Waals surface area contributed by atoms with Crippen molar-refractivity contribution >= 4 is 16.9 Å². The molecule has 0 saturated heterocycles. The summed E-state index contributed by atoms with van der Waals surface area (Å²) in [6.45, 7) is 5.85. The molecule has 1 aromatic carbocycles. The molecule has 0 aliphatic carbocycles. The van der Waals surface area contributed by atoms with Crippen molar-refractivity contribution in [1.82, 2.24) is 0 Å². The molecule has 2 nitrogen and oxygen atoms in total. The Kier molecular flexibility index (Phi) is 2.38. The Morgan fingerprint density at radius 1 is 1.50 bits per heavy atom. The second kappa shape index (κ2) is 3.30. The number of allylic oxidation sites excluding steroid dienone is 1. The van der Waals surface area contributed by atoms with Crippen molar-refractivity contribution in [3.8, 4) is 0 Å². The highest BCUT2D eigenvalue weighted by Crippen LogP contribution is 2.24. The van der Waals surface area contributed by atoms with E-state index in [1.807, 2.05) is 32.2 Å². The van der Waals surface area contributed by atoms with E-state index in [-0.39, 0.29) is 0 Å². The van der Waals surface area contributed by atoms with Crippen molar-refractivity contribution in [2.75, 3.05) is 18.1 Å². The topological polar surface area (TPSA) is 38.0 Å². The summed E-state index contributed by atoms with van der Waals surface area (Å²) < 4.78 is 0. The molecule has 0 amide bonds. The lowest BCUT2D eigenvalue weighted by Crippen LogP contribution is -1.95. The quantitative estimate of drug-likeness (QED) is 0.655. The van der Waals surface area contributed by atoms with E-state index in [1.54, 1.807) is 0 Å². The van der Waals surface area contributed by atoms with Crippen LogP contribution in [0.4, 0.5) is 11.4 Å². The molecule has 0 radical (unpaired) electrons. The van der Waals surface area contributed by atoms with Crippen LogP contribution in [0.3, 0.4) is 0 Å².